The maximum absolute atomic E-state index is 14.3. The zero-order valence-corrected chi connectivity index (χ0v) is 14.7. The van der Waals surface area contributed by atoms with Crippen LogP contribution in [0.15, 0.2) is 42.5 Å². The Kier molecular flexibility index (Phi) is 5.41. The Morgan fingerprint density at radius 2 is 1.61 bits per heavy atom. The largest absolute Gasteiger partial charge is 0.368 e. The lowest BCUT2D eigenvalue weighted by Gasteiger charge is -2.11. The maximum Gasteiger partial charge on any atom is 0.233 e. The lowest BCUT2D eigenvalue weighted by atomic mass is 10.1. The van der Waals surface area contributed by atoms with Gasteiger partial charge in [-0.15, -0.1) is 0 Å². The minimum atomic E-state index is -0.798. The van der Waals surface area contributed by atoms with Crippen molar-refractivity contribution in [2.75, 3.05) is 16.4 Å². The van der Waals surface area contributed by atoms with Gasteiger partial charge in [-0.05, 0) is 48.9 Å². The highest BCUT2D eigenvalue weighted by molar-refractivity contribution is 5.62. The SMILES string of the molecule is C/C=C/c1cc(F)c(Nc2nc(N)nc(Nc3ccc(C#N)cc3)n2)c(F)c1. The van der Waals surface area contributed by atoms with E-state index in [0.29, 0.717) is 16.8 Å². The number of nitrogens with two attached hydrogens (primary N) is 1. The lowest BCUT2D eigenvalue weighted by molar-refractivity contribution is 0.589. The van der Waals surface area contributed by atoms with Gasteiger partial charge >= 0.3 is 0 Å². The highest BCUT2D eigenvalue weighted by Gasteiger charge is 2.13. The average Bonchev–Trinajstić information content (AvgIpc) is 2.65. The van der Waals surface area contributed by atoms with Gasteiger partial charge in [-0.25, -0.2) is 8.78 Å². The number of halogens is 2. The fourth-order valence-corrected chi connectivity index (χ4v) is 2.37. The maximum atomic E-state index is 14.3. The number of aromatic nitrogens is 3. The van der Waals surface area contributed by atoms with Crippen molar-refractivity contribution in [3.8, 4) is 6.07 Å². The summed E-state index contributed by atoms with van der Waals surface area (Å²) in [7, 11) is 0. The molecular weight excluding hydrogens is 364 g/mol. The number of nitrogens with zero attached hydrogens (tertiary/aromatic N) is 4. The second-order valence-electron chi connectivity index (χ2n) is 5.64. The van der Waals surface area contributed by atoms with E-state index in [0.717, 1.165) is 0 Å². The summed E-state index contributed by atoms with van der Waals surface area (Å²) in [5.41, 5.74) is 6.76. The molecule has 4 N–H and O–H groups in total. The molecular formula is C19H15F2N7. The molecule has 1 heterocycles. The topological polar surface area (TPSA) is 113 Å². The van der Waals surface area contributed by atoms with Gasteiger partial charge in [-0.1, -0.05) is 12.2 Å². The molecule has 0 spiro atoms. The molecule has 0 amide bonds. The number of anilines is 5. The molecule has 0 radical (unpaired) electrons. The van der Waals surface area contributed by atoms with E-state index in [1.165, 1.54) is 12.1 Å². The Labute approximate surface area is 159 Å². The average molecular weight is 379 g/mol. The van der Waals surface area contributed by atoms with Gasteiger partial charge in [-0.2, -0.15) is 20.2 Å². The molecule has 0 aliphatic heterocycles. The molecule has 0 unspecified atom stereocenters. The fraction of sp³-hybridized carbons (Fsp3) is 0.0526. The Morgan fingerprint density at radius 1 is 1.00 bits per heavy atom. The molecule has 7 nitrogen and oxygen atoms in total. The van der Waals surface area contributed by atoms with Crippen LogP contribution >= 0.6 is 0 Å². The summed E-state index contributed by atoms with van der Waals surface area (Å²) in [5, 5.41) is 14.2. The Hall–Kier alpha value is -4.06. The Bertz CT molecular complexity index is 1050. The summed E-state index contributed by atoms with van der Waals surface area (Å²) in [6.45, 7) is 1.75. The van der Waals surface area contributed by atoms with Crippen molar-refractivity contribution in [1.82, 2.24) is 15.0 Å². The molecule has 28 heavy (non-hydrogen) atoms. The predicted octanol–water partition coefficient (Wildman–Crippen LogP) is 4.12. The van der Waals surface area contributed by atoms with Crippen LogP contribution in [0.5, 0.6) is 0 Å². The number of nitrogens with one attached hydrogen (secondary N) is 2. The van der Waals surface area contributed by atoms with Crippen LogP contribution in [0.3, 0.4) is 0 Å². The molecule has 0 atom stereocenters. The predicted molar refractivity (Wildman–Crippen MR) is 103 cm³/mol. The first-order valence-electron chi connectivity index (χ1n) is 8.16. The number of nitriles is 1. The zero-order chi connectivity index (χ0) is 20.1. The third kappa shape index (κ3) is 4.37. The van der Waals surface area contributed by atoms with Crippen molar-refractivity contribution >= 4 is 35.3 Å². The van der Waals surface area contributed by atoms with Crippen molar-refractivity contribution in [3.05, 3.63) is 65.2 Å². The van der Waals surface area contributed by atoms with Crippen molar-refractivity contribution in [3.63, 3.8) is 0 Å². The van der Waals surface area contributed by atoms with E-state index in [2.05, 4.69) is 25.6 Å². The number of nitrogen functional groups attached to an aromatic ring is 1. The van der Waals surface area contributed by atoms with E-state index in [4.69, 9.17) is 11.0 Å². The summed E-state index contributed by atoms with van der Waals surface area (Å²) in [6.07, 6.45) is 3.26. The zero-order valence-electron chi connectivity index (χ0n) is 14.7. The highest BCUT2D eigenvalue weighted by Crippen LogP contribution is 2.25. The molecule has 0 fully saturated rings. The van der Waals surface area contributed by atoms with Crippen LogP contribution in [-0.4, -0.2) is 15.0 Å². The molecule has 0 saturated carbocycles. The molecule has 1 aromatic heterocycles. The molecule has 140 valence electrons. The van der Waals surface area contributed by atoms with E-state index in [-0.39, 0.29) is 17.8 Å². The normalized spacial score (nSPS) is 10.6. The van der Waals surface area contributed by atoms with Crippen molar-refractivity contribution in [2.24, 2.45) is 0 Å². The Balaban J connectivity index is 1.86. The third-order valence-electron chi connectivity index (χ3n) is 3.58. The molecule has 3 rings (SSSR count). The molecule has 3 aromatic rings. The van der Waals surface area contributed by atoms with Gasteiger partial charge in [0.05, 0.1) is 11.6 Å². The number of allylic oxidation sites excluding steroid dienone is 1. The summed E-state index contributed by atoms with van der Waals surface area (Å²) in [6, 6.07) is 10.9. The van der Waals surface area contributed by atoms with E-state index < -0.39 is 17.3 Å². The first-order chi connectivity index (χ1) is 13.5. The van der Waals surface area contributed by atoms with Gasteiger partial charge in [-0.3, -0.25) is 0 Å². The second-order valence-corrected chi connectivity index (χ2v) is 5.64. The number of rotatable bonds is 5. The summed E-state index contributed by atoms with van der Waals surface area (Å²) >= 11 is 0. The van der Waals surface area contributed by atoms with Gasteiger partial charge in [0.1, 0.15) is 17.3 Å². The quantitative estimate of drug-likeness (QED) is 0.611. The minimum absolute atomic E-state index is 0.0751. The first-order valence-corrected chi connectivity index (χ1v) is 8.16. The first kappa shape index (κ1) is 18.7. The Morgan fingerprint density at radius 3 is 2.18 bits per heavy atom. The number of hydrogen-bond donors (Lipinski definition) is 3. The van der Waals surface area contributed by atoms with E-state index >= 15 is 0 Å². The molecule has 0 aliphatic rings. The third-order valence-corrected chi connectivity index (χ3v) is 3.58. The minimum Gasteiger partial charge on any atom is -0.368 e. The van der Waals surface area contributed by atoms with Gasteiger partial charge in [0.25, 0.3) is 0 Å². The smallest absolute Gasteiger partial charge is 0.233 e. The van der Waals surface area contributed by atoms with Crippen molar-refractivity contribution in [2.45, 2.75) is 6.92 Å². The van der Waals surface area contributed by atoms with Crippen LogP contribution in [0.4, 0.5) is 38.0 Å². The highest BCUT2D eigenvalue weighted by atomic mass is 19.1. The van der Waals surface area contributed by atoms with Crippen molar-refractivity contribution in [1.29, 1.82) is 5.26 Å². The number of hydrogen-bond acceptors (Lipinski definition) is 7. The van der Waals surface area contributed by atoms with E-state index in [9.17, 15) is 8.78 Å². The van der Waals surface area contributed by atoms with Gasteiger partial charge in [0.2, 0.25) is 17.8 Å². The van der Waals surface area contributed by atoms with Gasteiger partial charge in [0, 0.05) is 5.69 Å². The van der Waals surface area contributed by atoms with Gasteiger partial charge < -0.3 is 16.4 Å². The summed E-state index contributed by atoms with van der Waals surface area (Å²) in [5.74, 6) is -1.78. The van der Waals surface area contributed by atoms with Crippen LogP contribution in [-0.2, 0) is 0 Å². The van der Waals surface area contributed by atoms with Gasteiger partial charge in [0.15, 0.2) is 0 Å². The van der Waals surface area contributed by atoms with Crippen LogP contribution < -0.4 is 16.4 Å². The van der Waals surface area contributed by atoms with E-state index in [1.54, 1.807) is 43.3 Å². The monoisotopic (exact) mass is 379 g/mol. The standard InChI is InChI=1S/C19H15F2N7/c1-2-3-12-8-14(20)16(15(21)9-12)25-19-27-17(23)26-18(28-19)24-13-6-4-11(10-22)5-7-13/h2-9H,1H3,(H4,23,24,25,26,27,28)/b3-2+. The molecule has 0 aliphatic carbocycles. The summed E-state index contributed by atoms with van der Waals surface area (Å²) in [4.78, 5) is 11.9. The van der Waals surface area contributed by atoms with Crippen LogP contribution in [0.25, 0.3) is 6.08 Å². The second kappa shape index (κ2) is 8.09. The van der Waals surface area contributed by atoms with Crippen LogP contribution in [0, 0.1) is 23.0 Å². The molecule has 0 bridgehead atoms. The van der Waals surface area contributed by atoms with Crippen LogP contribution in [0.1, 0.15) is 18.1 Å². The summed E-state index contributed by atoms with van der Waals surface area (Å²) < 4.78 is 28.5. The molecule has 9 heteroatoms. The molecule has 0 saturated heterocycles. The molecule has 2 aromatic carbocycles. The fourth-order valence-electron chi connectivity index (χ4n) is 2.37. The van der Waals surface area contributed by atoms with Crippen LogP contribution in [0.2, 0.25) is 0 Å². The number of benzene rings is 2. The van der Waals surface area contributed by atoms with E-state index in [1.807, 2.05) is 6.07 Å². The van der Waals surface area contributed by atoms with Crippen molar-refractivity contribution < 1.29 is 8.78 Å². The lowest BCUT2D eigenvalue weighted by Crippen LogP contribution is -2.08.